The largest absolute Gasteiger partial charge is 0.492 e. The van der Waals surface area contributed by atoms with Crippen molar-refractivity contribution in [1.29, 1.82) is 0 Å². The molecule has 1 N–H and O–H groups in total. The quantitative estimate of drug-likeness (QED) is 0.702. The zero-order valence-corrected chi connectivity index (χ0v) is 16.7. The molecule has 0 aliphatic carbocycles. The van der Waals surface area contributed by atoms with E-state index in [4.69, 9.17) is 4.74 Å². The van der Waals surface area contributed by atoms with Crippen LogP contribution in [0, 0.1) is 0 Å². The lowest BCUT2D eigenvalue weighted by Gasteiger charge is -2.15. The van der Waals surface area contributed by atoms with Gasteiger partial charge in [-0.25, -0.2) is 0 Å². The van der Waals surface area contributed by atoms with Crippen LogP contribution >= 0.6 is 11.8 Å². The van der Waals surface area contributed by atoms with Crippen molar-refractivity contribution >= 4 is 29.0 Å². The molecule has 0 radical (unpaired) electrons. The summed E-state index contributed by atoms with van der Waals surface area (Å²) in [6.45, 7) is 2.28. The fourth-order valence-corrected chi connectivity index (χ4v) is 3.67. The number of thioether (sulfide) groups is 1. The van der Waals surface area contributed by atoms with E-state index in [2.05, 4.69) is 41.5 Å². The number of hydrogen-bond donors (Lipinski definition) is 1. The van der Waals surface area contributed by atoms with Crippen LogP contribution in [0.5, 0.6) is 5.75 Å². The van der Waals surface area contributed by atoms with Crippen LogP contribution in [0.25, 0.3) is 6.08 Å². The molecule has 3 rings (SSSR count). The normalized spacial score (nSPS) is 16.7. The first-order valence-corrected chi connectivity index (χ1v) is 10.1. The molecule has 1 unspecified atom stereocenters. The second-order valence-electron chi connectivity index (χ2n) is 6.66. The fraction of sp³-hybridized carbons (Fsp3) is 0.273. The molecule has 1 aliphatic rings. The van der Waals surface area contributed by atoms with Gasteiger partial charge in [-0.2, -0.15) is 0 Å². The summed E-state index contributed by atoms with van der Waals surface area (Å²) in [5.74, 6) is 0.594. The Hall–Kier alpha value is -2.57. The Morgan fingerprint density at radius 1 is 1.11 bits per heavy atom. The minimum Gasteiger partial charge on any atom is -0.492 e. The molecule has 28 heavy (non-hydrogen) atoms. The number of rotatable bonds is 9. The highest BCUT2D eigenvalue weighted by atomic mass is 32.2. The molecular formula is C22H24N2O3S. The van der Waals surface area contributed by atoms with Gasteiger partial charge in [-0.3, -0.25) is 19.8 Å². The zero-order chi connectivity index (χ0) is 19.8. The van der Waals surface area contributed by atoms with E-state index in [-0.39, 0.29) is 16.4 Å². The highest BCUT2D eigenvalue weighted by molar-refractivity contribution is 8.15. The number of hydrogen-bond acceptors (Lipinski definition) is 5. The van der Waals surface area contributed by atoms with Crippen molar-refractivity contribution in [3.63, 3.8) is 0 Å². The Kier molecular flexibility index (Phi) is 7.28. The van der Waals surface area contributed by atoms with Crippen LogP contribution in [0.1, 0.15) is 11.1 Å². The second kappa shape index (κ2) is 10.1. The number of amides is 2. The van der Waals surface area contributed by atoms with E-state index in [1.54, 1.807) is 0 Å². The first-order valence-electron chi connectivity index (χ1n) is 9.23. The molecule has 2 aromatic rings. The Labute approximate surface area is 169 Å². The molecule has 0 aromatic heterocycles. The monoisotopic (exact) mass is 396 g/mol. The molecule has 1 fully saturated rings. The lowest BCUT2D eigenvalue weighted by atomic mass is 10.1. The Bertz CT molecular complexity index is 821. The fourth-order valence-electron chi connectivity index (χ4n) is 2.81. The SMILES string of the molecule is CN(C/C=C/c1ccccc1)CCOc1ccc(CC2SC(=O)NC2=O)cc1. The van der Waals surface area contributed by atoms with Gasteiger partial charge >= 0.3 is 0 Å². The average molecular weight is 397 g/mol. The molecular weight excluding hydrogens is 372 g/mol. The number of imide groups is 1. The summed E-state index contributed by atoms with van der Waals surface area (Å²) in [6, 6.07) is 17.9. The predicted octanol–water partition coefficient (Wildman–Crippen LogP) is 3.60. The Morgan fingerprint density at radius 3 is 2.54 bits per heavy atom. The van der Waals surface area contributed by atoms with Gasteiger partial charge in [-0.1, -0.05) is 66.4 Å². The van der Waals surface area contributed by atoms with E-state index in [0.717, 1.165) is 36.2 Å². The number of carbonyl (C=O) groups excluding carboxylic acids is 2. The summed E-state index contributed by atoms with van der Waals surface area (Å²) in [4.78, 5) is 25.0. The summed E-state index contributed by atoms with van der Waals surface area (Å²) >= 11 is 1.05. The van der Waals surface area contributed by atoms with Gasteiger partial charge in [0.05, 0.1) is 5.25 Å². The third-order valence-corrected chi connectivity index (χ3v) is 5.36. The molecule has 0 saturated carbocycles. The molecule has 1 atom stereocenters. The van der Waals surface area contributed by atoms with Gasteiger partial charge in [-0.15, -0.1) is 0 Å². The Balaban J connectivity index is 1.37. The maximum Gasteiger partial charge on any atom is 0.286 e. The van der Waals surface area contributed by atoms with Crippen molar-refractivity contribution in [3.05, 3.63) is 71.8 Å². The van der Waals surface area contributed by atoms with Gasteiger partial charge in [0.2, 0.25) is 5.91 Å². The number of carbonyl (C=O) groups is 2. The van der Waals surface area contributed by atoms with Crippen molar-refractivity contribution in [2.75, 3.05) is 26.7 Å². The van der Waals surface area contributed by atoms with Crippen LogP contribution in [0.3, 0.4) is 0 Å². The number of benzene rings is 2. The summed E-state index contributed by atoms with van der Waals surface area (Å²) in [5, 5.41) is 1.71. The van der Waals surface area contributed by atoms with Crippen molar-refractivity contribution in [1.82, 2.24) is 10.2 Å². The molecule has 0 spiro atoms. The topological polar surface area (TPSA) is 58.6 Å². The molecule has 2 aromatic carbocycles. The van der Waals surface area contributed by atoms with Gasteiger partial charge in [-0.05, 0) is 36.7 Å². The minimum atomic E-state index is -0.336. The zero-order valence-electron chi connectivity index (χ0n) is 15.8. The van der Waals surface area contributed by atoms with E-state index < -0.39 is 0 Å². The van der Waals surface area contributed by atoms with E-state index in [1.165, 1.54) is 5.56 Å². The van der Waals surface area contributed by atoms with Crippen LogP contribution < -0.4 is 10.1 Å². The maximum atomic E-state index is 11.6. The number of ether oxygens (including phenoxy) is 1. The van der Waals surface area contributed by atoms with E-state index in [9.17, 15) is 9.59 Å². The average Bonchev–Trinajstić information content (AvgIpc) is 3.01. The van der Waals surface area contributed by atoms with Crippen molar-refractivity contribution in [2.45, 2.75) is 11.7 Å². The standard InChI is InChI=1S/C22H24N2O3S/c1-24(13-5-8-17-6-3-2-4-7-17)14-15-27-19-11-9-18(10-12-19)16-20-21(25)23-22(26)28-20/h2-12,20H,13-16H2,1H3,(H,23,25,26)/b8-5+. The lowest BCUT2D eigenvalue weighted by Crippen LogP contribution is -2.25. The van der Waals surface area contributed by atoms with Crippen LogP contribution in [0.4, 0.5) is 4.79 Å². The number of nitrogens with zero attached hydrogens (tertiary/aromatic N) is 1. The van der Waals surface area contributed by atoms with Gasteiger partial charge in [0.1, 0.15) is 12.4 Å². The molecule has 1 aliphatic heterocycles. The summed E-state index contributed by atoms with van der Waals surface area (Å²) in [6.07, 6.45) is 4.80. The van der Waals surface area contributed by atoms with Crippen molar-refractivity contribution < 1.29 is 14.3 Å². The Morgan fingerprint density at radius 2 is 1.86 bits per heavy atom. The maximum absolute atomic E-state index is 11.6. The molecule has 0 bridgehead atoms. The highest BCUT2D eigenvalue weighted by Gasteiger charge is 2.31. The van der Waals surface area contributed by atoms with Gasteiger partial charge in [0.15, 0.2) is 0 Å². The van der Waals surface area contributed by atoms with Gasteiger partial charge in [0.25, 0.3) is 5.24 Å². The van der Waals surface area contributed by atoms with Crippen molar-refractivity contribution in [3.8, 4) is 5.75 Å². The molecule has 2 amide bonds. The molecule has 6 heteroatoms. The smallest absolute Gasteiger partial charge is 0.286 e. The minimum absolute atomic E-state index is 0.209. The van der Waals surface area contributed by atoms with Crippen LogP contribution in [-0.2, 0) is 11.2 Å². The first kappa shape index (κ1) is 20.2. The molecule has 5 nitrogen and oxygen atoms in total. The first-order chi connectivity index (χ1) is 13.6. The highest BCUT2D eigenvalue weighted by Crippen LogP contribution is 2.23. The predicted molar refractivity (Wildman–Crippen MR) is 114 cm³/mol. The van der Waals surface area contributed by atoms with E-state index in [1.807, 2.05) is 42.5 Å². The van der Waals surface area contributed by atoms with E-state index >= 15 is 0 Å². The summed E-state index contributed by atoms with van der Waals surface area (Å²) in [5.41, 5.74) is 2.21. The third-order valence-electron chi connectivity index (χ3n) is 4.38. The number of likely N-dealkylation sites (N-methyl/N-ethyl adjacent to an activating group) is 1. The van der Waals surface area contributed by atoms with Crippen LogP contribution in [0.15, 0.2) is 60.7 Å². The van der Waals surface area contributed by atoms with Crippen LogP contribution in [-0.4, -0.2) is 48.0 Å². The van der Waals surface area contributed by atoms with E-state index in [0.29, 0.717) is 13.0 Å². The van der Waals surface area contributed by atoms with Crippen molar-refractivity contribution in [2.24, 2.45) is 0 Å². The molecule has 146 valence electrons. The summed E-state index contributed by atoms with van der Waals surface area (Å²) < 4.78 is 5.80. The number of nitrogens with one attached hydrogen (secondary N) is 1. The third kappa shape index (κ3) is 6.25. The van der Waals surface area contributed by atoms with Crippen LogP contribution in [0.2, 0.25) is 0 Å². The second-order valence-corrected chi connectivity index (χ2v) is 7.83. The lowest BCUT2D eigenvalue weighted by molar-refractivity contribution is -0.118. The van der Waals surface area contributed by atoms with Gasteiger partial charge in [0, 0.05) is 13.1 Å². The summed E-state index contributed by atoms with van der Waals surface area (Å²) in [7, 11) is 2.06. The molecule has 1 saturated heterocycles. The van der Waals surface area contributed by atoms with Gasteiger partial charge < -0.3 is 4.74 Å². The molecule has 1 heterocycles.